The summed E-state index contributed by atoms with van der Waals surface area (Å²) in [4.78, 5) is 12.2. The van der Waals surface area contributed by atoms with E-state index >= 15 is 0 Å². The van der Waals surface area contributed by atoms with Crippen LogP contribution in [0, 0.1) is 13.8 Å². The number of hydrogen-bond donors (Lipinski definition) is 2. The van der Waals surface area contributed by atoms with E-state index in [1.807, 2.05) is 44.2 Å². The summed E-state index contributed by atoms with van der Waals surface area (Å²) in [5.74, 6) is -0.0464. The van der Waals surface area contributed by atoms with Crippen LogP contribution in [0.3, 0.4) is 0 Å². The van der Waals surface area contributed by atoms with Crippen molar-refractivity contribution in [2.45, 2.75) is 20.3 Å². The Morgan fingerprint density at radius 1 is 1.32 bits per heavy atom. The molecule has 22 heavy (non-hydrogen) atoms. The van der Waals surface area contributed by atoms with Crippen LogP contribution in [0.25, 0.3) is 5.69 Å². The largest absolute Gasteiger partial charge is 0.352 e. The van der Waals surface area contributed by atoms with Crippen LogP contribution >= 0.6 is 28.3 Å². The number of nitrogens with one attached hydrogen (secondary N) is 1. The Labute approximate surface area is 145 Å². The van der Waals surface area contributed by atoms with Crippen LogP contribution in [0.15, 0.2) is 34.8 Å². The zero-order chi connectivity index (χ0) is 15.4. The van der Waals surface area contributed by atoms with Gasteiger partial charge in [0.25, 0.3) is 5.91 Å². The summed E-state index contributed by atoms with van der Waals surface area (Å²) in [6.07, 6.45) is 0.786. The average molecular weight is 387 g/mol. The first-order chi connectivity index (χ1) is 10.1. The number of nitrogens with zero attached hydrogens (tertiary/aromatic N) is 1. The standard InChI is InChI=1S/C16H20BrN3O.ClH/c1-11-10-13(16(21)19-9-5-8-18)12(2)20(11)15-7-4-3-6-14(15)17;/h3-4,6-7,10H,5,8-9,18H2,1-2H3,(H,19,21);1H. The summed E-state index contributed by atoms with van der Waals surface area (Å²) in [6.45, 7) is 5.15. The van der Waals surface area contributed by atoms with Gasteiger partial charge in [0.15, 0.2) is 0 Å². The van der Waals surface area contributed by atoms with Gasteiger partial charge in [-0.1, -0.05) is 12.1 Å². The number of aromatic nitrogens is 1. The van der Waals surface area contributed by atoms with E-state index < -0.39 is 0 Å². The second-order valence-corrected chi connectivity index (χ2v) is 5.82. The van der Waals surface area contributed by atoms with Crippen LogP contribution in [0.4, 0.5) is 0 Å². The van der Waals surface area contributed by atoms with Gasteiger partial charge < -0.3 is 15.6 Å². The molecule has 2 rings (SSSR count). The average Bonchev–Trinajstić information content (AvgIpc) is 2.75. The molecule has 0 saturated heterocycles. The Morgan fingerprint density at radius 3 is 2.64 bits per heavy atom. The van der Waals surface area contributed by atoms with Crippen molar-refractivity contribution in [2.75, 3.05) is 13.1 Å². The highest BCUT2D eigenvalue weighted by atomic mass is 79.9. The lowest BCUT2D eigenvalue weighted by atomic mass is 10.2. The maximum absolute atomic E-state index is 12.2. The van der Waals surface area contributed by atoms with Crippen molar-refractivity contribution in [3.63, 3.8) is 0 Å². The first-order valence-corrected chi connectivity index (χ1v) is 7.77. The lowest BCUT2D eigenvalue weighted by Crippen LogP contribution is -2.26. The Morgan fingerprint density at radius 2 is 2.00 bits per heavy atom. The molecule has 0 aliphatic heterocycles. The number of benzene rings is 1. The SMILES string of the molecule is Cc1cc(C(=O)NCCCN)c(C)n1-c1ccccc1Br.Cl. The van der Waals surface area contributed by atoms with Gasteiger partial charge in [0.1, 0.15) is 0 Å². The molecule has 1 heterocycles. The Bertz CT molecular complexity index is 655. The van der Waals surface area contributed by atoms with Crippen LogP contribution < -0.4 is 11.1 Å². The van der Waals surface area contributed by atoms with E-state index in [0.717, 1.165) is 28.0 Å². The van der Waals surface area contributed by atoms with Crippen molar-refractivity contribution in [3.8, 4) is 5.69 Å². The normalized spacial score (nSPS) is 10.2. The quantitative estimate of drug-likeness (QED) is 0.774. The van der Waals surface area contributed by atoms with Gasteiger partial charge in [-0.3, -0.25) is 4.79 Å². The zero-order valence-electron chi connectivity index (χ0n) is 12.7. The molecule has 4 nitrogen and oxygen atoms in total. The maximum Gasteiger partial charge on any atom is 0.253 e. The monoisotopic (exact) mass is 385 g/mol. The molecule has 0 unspecified atom stereocenters. The summed E-state index contributed by atoms with van der Waals surface area (Å²) in [6, 6.07) is 9.91. The maximum atomic E-state index is 12.2. The summed E-state index contributed by atoms with van der Waals surface area (Å²) in [5, 5.41) is 2.90. The van der Waals surface area contributed by atoms with E-state index in [0.29, 0.717) is 18.7 Å². The summed E-state index contributed by atoms with van der Waals surface area (Å²) >= 11 is 3.56. The molecule has 3 N–H and O–H groups in total. The highest BCUT2D eigenvalue weighted by molar-refractivity contribution is 9.10. The minimum Gasteiger partial charge on any atom is -0.352 e. The van der Waals surface area contributed by atoms with Crippen molar-refractivity contribution in [1.29, 1.82) is 0 Å². The summed E-state index contributed by atoms with van der Waals surface area (Å²) in [7, 11) is 0. The molecule has 0 bridgehead atoms. The number of aryl methyl sites for hydroxylation is 1. The number of halogens is 2. The summed E-state index contributed by atoms with van der Waals surface area (Å²) < 4.78 is 3.09. The van der Waals surface area contributed by atoms with Gasteiger partial charge in [0.05, 0.1) is 11.3 Å². The molecule has 0 aliphatic carbocycles. The number of amides is 1. The Balaban J connectivity index is 0.00000242. The molecular weight excluding hydrogens is 366 g/mol. The highest BCUT2D eigenvalue weighted by Crippen LogP contribution is 2.26. The fourth-order valence-corrected chi connectivity index (χ4v) is 2.86. The lowest BCUT2D eigenvalue weighted by molar-refractivity contribution is 0.0953. The second kappa shape index (κ2) is 8.36. The predicted octanol–water partition coefficient (Wildman–Crippen LogP) is 3.36. The molecule has 120 valence electrons. The topological polar surface area (TPSA) is 60.1 Å². The van der Waals surface area contributed by atoms with Crippen LogP contribution in [-0.2, 0) is 0 Å². The van der Waals surface area contributed by atoms with E-state index in [4.69, 9.17) is 5.73 Å². The number of carbonyl (C=O) groups excluding carboxylic acids is 1. The van der Waals surface area contributed by atoms with Crippen molar-refractivity contribution in [2.24, 2.45) is 5.73 Å². The number of carbonyl (C=O) groups is 1. The van der Waals surface area contributed by atoms with Gasteiger partial charge in [-0.15, -0.1) is 12.4 Å². The fraction of sp³-hybridized carbons (Fsp3) is 0.312. The van der Waals surface area contributed by atoms with Gasteiger partial charge in [-0.2, -0.15) is 0 Å². The molecule has 6 heteroatoms. The van der Waals surface area contributed by atoms with Crippen molar-refractivity contribution in [3.05, 3.63) is 51.8 Å². The van der Waals surface area contributed by atoms with Crippen LogP contribution in [-0.4, -0.2) is 23.6 Å². The predicted molar refractivity (Wildman–Crippen MR) is 96.2 cm³/mol. The molecule has 0 fully saturated rings. The lowest BCUT2D eigenvalue weighted by Gasteiger charge is -2.12. The highest BCUT2D eigenvalue weighted by Gasteiger charge is 2.17. The third-order valence-corrected chi connectivity index (χ3v) is 4.11. The van der Waals surface area contributed by atoms with Gasteiger partial charge in [0.2, 0.25) is 0 Å². The Kier molecular flexibility index (Phi) is 7.13. The number of hydrogen-bond acceptors (Lipinski definition) is 2. The molecule has 0 atom stereocenters. The molecule has 1 aromatic heterocycles. The van der Waals surface area contributed by atoms with Gasteiger partial charge in [0, 0.05) is 22.4 Å². The van der Waals surface area contributed by atoms with Crippen molar-refractivity contribution in [1.82, 2.24) is 9.88 Å². The van der Waals surface area contributed by atoms with Gasteiger partial charge in [-0.05, 0) is 60.9 Å². The number of para-hydroxylation sites is 1. The van der Waals surface area contributed by atoms with Crippen LogP contribution in [0.2, 0.25) is 0 Å². The molecule has 0 saturated carbocycles. The third-order valence-electron chi connectivity index (χ3n) is 3.44. The minimum absolute atomic E-state index is 0. The van der Waals surface area contributed by atoms with Crippen LogP contribution in [0.1, 0.15) is 28.2 Å². The third kappa shape index (κ3) is 3.91. The van der Waals surface area contributed by atoms with E-state index in [1.54, 1.807) is 0 Å². The number of rotatable bonds is 5. The van der Waals surface area contributed by atoms with E-state index in [1.165, 1.54) is 0 Å². The molecule has 0 spiro atoms. The smallest absolute Gasteiger partial charge is 0.253 e. The van der Waals surface area contributed by atoms with Gasteiger partial charge in [-0.25, -0.2) is 0 Å². The molecule has 1 aromatic carbocycles. The molecule has 1 amide bonds. The van der Waals surface area contributed by atoms with Crippen LogP contribution in [0.5, 0.6) is 0 Å². The minimum atomic E-state index is -0.0464. The van der Waals surface area contributed by atoms with E-state index in [2.05, 4.69) is 25.8 Å². The zero-order valence-corrected chi connectivity index (χ0v) is 15.1. The van der Waals surface area contributed by atoms with E-state index in [-0.39, 0.29) is 18.3 Å². The first kappa shape index (κ1) is 18.7. The molecule has 0 aliphatic rings. The van der Waals surface area contributed by atoms with Gasteiger partial charge >= 0.3 is 0 Å². The summed E-state index contributed by atoms with van der Waals surface area (Å²) in [5.41, 5.74) is 9.15. The van der Waals surface area contributed by atoms with Crippen molar-refractivity contribution >= 4 is 34.2 Å². The van der Waals surface area contributed by atoms with Crippen molar-refractivity contribution < 1.29 is 4.79 Å². The molecule has 0 radical (unpaired) electrons. The fourth-order valence-electron chi connectivity index (χ4n) is 2.40. The molecular formula is C16H21BrClN3O. The molecule has 2 aromatic rings. The second-order valence-electron chi connectivity index (χ2n) is 4.97. The number of nitrogens with two attached hydrogens (primary N) is 1. The Hall–Kier alpha value is -1.30. The van der Waals surface area contributed by atoms with E-state index in [9.17, 15) is 4.79 Å². The first-order valence-electron chi connectivity index (χ1n) is 6.98.